The van der Waals surface area contributed by atoms with E-state index in [-0.39, 0.29) is 0 Å². The summed E-state index contributed by atoms with van der Waals surface area (Å²) in [5.41, 5.74) is 4.71. The van der Waals surface area contributed by atoms with Gasteiger partial charge >= 0.3 is 0 Å². The van der Waals surface area contributed by atoms with E-state index < -0.39 is 6.10 Å². The smallest absolute Gasteiger partial charge is 0.142 e. The highest BCUT2D eigenvalue weighted by molar-refractivity contribution is 5.58. The lowest BCUT2D eigenvalue weighted by atomic mass is 10.1. The molecule has 0 spiro atoms. The molecule has 28 heavy (non-hydrogen) atoms. The van der Waals surface area contributed by atoms with Crippen LogP contribution in [0.25, 0.3) is 0 Å². The van der Waals surface area contributed by atoms with Crippen molar-refractivity contribution in [2.75, 3.05) is 51.3 Å². The number of aliphatic hydroxyl groups is 1. The van der Waals surface area contributed by atoms with Gasteiger partial charge in [0.25, 0.3) is 0 Å². The van der Waals surface area contributed by atoms with Crippen LogP contribution >= 0.6 is 0 Å². The fourth-order valence-electron chi connectivity index (χ4n) is 3.89. The summed E-state index contributed by atoms with van der Waals surface area (Å²) in [7, 11) is 1.72. The van der Waals surface area contributed by atoms with E-state index in [0.717, 1.165) is 48.9 Å². The third-order valence-electron chi connectivity index (χ3n) is 5.62. The quantitative estimate of drug-likeness (QED) is 0.763. The van der Waals surface area contributed by atoms with Crippen LogP contribution in [0, 0.1) is 20.8 Å². The molecule has 0 aliphatic carbocycles. The second-order valence-electron chi connectivity index (χ2n) is 7.78. The van der Waals surface area contributed by atoms with Crippen molar-refractivity contribution in [2.24, 2.45) is 0 Å². The Morgan fingerprint density at radius 3 is 2.50 bits per heavy atom. The van der Waals surface area contributed by atoms with Gasteiger partial charge in [0, 0.05) is 0 Å². The first-order valence-electron chi connectivity index (χ1n) is 10.1. The zero-order valence-electron chi connectivity index (χ0n) is 17.5. The van der Waals surface area contributed by atoms with E-state index in [1.807, 2.05) is 24.3 Å². The number of aliphatic hydroxyl groups excluding tert-OH is 1. The van der Waals surface area contributed by atoms with Gasteiger partial charge in [-0.25, -0.2) is 0 Å². The van der Waals surface area contributed by atoms with Gasteiger partial charge in [0.2, 0.25) is 0 Å². The normalized spacial score (nSPS) is 16.1. The van der Waals surface area contributed by atoms with Crippen molar-refractivity contribution < 1.29 is 19.5 Å². The van der Waals surface area contributed by atoms with E-state index in [4.69, 9.17) is 9.47 Å². The fraction of sp³-hybridized carbons (Fsp3) is 0.478. The van der Waals surface area contributed by atoms with Gasteiger partial charge in [-0.15, -0.1) is 0 Å². The molecule has 2 aromatic carbocycles. The predicted octanol–water partition coefficient (Wildman–Crippen LogP) is 1.77. The van der Waals surface area contributed by atoms with Crippen LogP contribution in [-0.4, -0.2) is 57.7 Å². The SMILES string of the molecule is COc1ccccc1N1CC[NH+](C[C@@H](O)COc2cc(C)cc(C)c2C)CC1. The summed E-state index contributed by atoms with van der Waals surface area (Å²) in [5, 5.41) is 10.5. The molecule has 1 saturated heterocycles. The van der Waals surface area contributed by atoms with E-state index in [0.29, 0.717) is 13.2 Å². The van der Waals surface area contributed by atoms with Crippen molar-refractivity contribution in [1.29, 1.82) is 0 Å². The van der Waals surface area contributed by atoms with Gasteiger partial charge in [-0.3, -0.25) is 0 Å². The molecule has 2 aromatic rings. The standard InChI is InChI=1S/C23H32N2O3/c1-17-13-18(2)19(3)23(14-17)28-16-20(26)15-24-9-11-25(12-10-24)21-7-5-6-8-22(21)27-4/h5-8,13-14,20,26H,9-12,15-16H2,1-4H3/p+1/t20-/m1/s1. The zero-order valence-corrected chi connectivity index (χ0v) is 17.5. The number of quaternary nitrogens is 1. The molecule has 3 rings (SSSR count). The van der Waals surface area contributed by atoms with Crippen LogP contribution in [0.2, 0.25) is 0 Å². The van der Waals surface area contributed by atoms with Crippen LogP contribution in [-0.2, 0) is 0 Å². The van der Waals surface area contributed by atoms with Crippen LogP contribution in [0.4, 0.5) is 5.69 Å². The fourth-order valence-corrected chi connectivity index (χ4v) is 3.89. The van der Waals surface area contributed by atoms with Crippen molar-refractivity contribution >= 4 is 5.69 Å². The zero-order chi connectivity index (χ0) is 20.1. The lowest BCUT2D eigenvalue weighted by Gasteiger charge is -2.35. The highest BCUT2D eigenvalue weighted by atomic mass is 16.5. The number of para-hydroxylation sites is 2. The average molecular weight is 386 g/mol. The van der Waals surface area contributed by atoms with Gasteiger partial charge in [-0.05, 0) is 55.7 Å². The number of piperazine rings is 1. The number of hydrogen-bond acceptors (Lipinski definition) is 4. The minimum absolute atomic E-state index is 0.337. The van der Waals surface area contributed by atoms with Crippen LogP contribution < -0.4 is 19.3 Å². The van der Waals surface area contributed by atoms with Crippen molar-refractivity contribution in [2.45, 2.75) is 26.9 Å². The third-order valence-corrected chi connectivity index (χ3v) is 5.62. The topological polar surface area (TPSA) is 46.4 Å². The number of nitrogens with one attached hydrogen (secondary N) is 1. The largest absolute Gasteiger partial charge is 0.495 e. The Morgan fingerprint density at radius 1 is 1.07 bits per heavy atom. The molecule has 5 heteroatoms. The molecule has 1 fully saturated rings. The molecule has 0 unspecified atom stereocenters. The number of hydrogen-bond donors (Lipinski definition) is 2. The first-order chi connectivity index (χ1) is 13.5. The molecule has 1 heterocycles. The highest BCUT2D eigenvalue weighted by Gasteiger charge is 2.24. The summed E-state index contributed by atoms with van der Waals surface area (Å²) >= 11 is 0. The van der Waals surface area contributed by atoms with Crippen LogP contribution in [0.1, 0.15) is 16.7 Å². The van der Waals surface area contributed by atoms with E-state index in [1.54, 1.807) is 7.11 Å². The molecule has 0 aromatic heterocycles. The summed E-state index contributed by atoms with van der Waals surface area (Å²) < 4.78 is 11.4. The Kier molecular flexibility index (Phi) is 6.81. The van der Waals surface area contributed by atoms with Gasteiger partial charge in [0.15, 0.2) is 0 Å². The second kappa shape index (κ2) is 9.30. The summed E-state index contributed by atoms with van der Waals surface area (Å²) in [6.07, 6.45) is -0.465. The highest BCUT2D eigenvalue weighted by Crippen LogP contribution is 2.27. The van der Waals surface area contributed by atoms with Crippen molar-refractivity contribution in [3.63, 3.8) is 0 Å². The first-order valence-corrected chi connectivity index (χ1v) is 10.1. The summed E-state index contributed by atoms with van der Waals surface area (Å²) in [6.45, 7) is 11.2. The molecular weight excluding hydrogens is 352 g/mol. The maximum atomic E-state index is 10.5. The van der Waals surface area contributed by atoms with E-state index >= 15 is 0 Å². The monoisotopic (exact) mass is 385 g/mol. The van der Waals surface area contributed by atoms with Gasteiger partial charge in [-0.1, -0.05) is 18.2 Å². The van der Waals surface area contributed by atoms with Gasteiger partial charge < -0.3 is 24.4 Å². The van der Waals surface area contributed by atoms with Crippen molar-refractivity contribution in [1.82, 2.24) is 0 Å². The molecule has 5 nitrogen and oxygen atoms in total. The van der Waals surface area contributed by atoms with E-state index in [9.17, 15) is 5.11 Å². The molecule has 1 aliphatic heterocycles. The third kappa shape index (κ3) is 4.97. The molecular formula is C23H33N2O3+. The lowest BCUT2D eigenvalue weighted by molar-refractivity contribution is -0.903. The summed E-state index contributed by atoms with van der Waals surface area (Å²) in [5.74, 6) is 1.80. The van der Waals surface area contributed by atoms with E-state index in [2.05, 4.69) is 37.8 Å². The maximum absolute atomic E-state index is 10.5. The Labute approximate surface area is 168 Å². The molecule has 152 valence electrons. The predicted molar refractivity (Wildman–Crippen MR) is 113 cm³/mol. The van der Waals surface area contributed by atoms with Crippen molar-refractivity contribution in [3.05, 3.63) is 53.1 Å². The Hall–Kier alpha value is -2.24. The van der Waals surface area contributed by atoms with Gasteiger partial charge in [0.1, 0.15) is 30.8 Å². The Balaban J connectivity index is 1.48. The minimum atomic E-state index is -0.465. The van der Waals surface area contributed by atoms with Crippen molar-refractivity contribution in [3.8, 4) is 11.5 Å². The lowest BCUT2D eigenvalue weighted by Crippen LogP contribution is -3.16. The molecule has 0 amide bonds. The number of benzene rings is 2. The number of ether oxygens (including phenoxy) is 2. The molecule has 2 N–H and O–H groups in total. The average Bonchev–Trinajstić information content (AvgIpc) is 2.70. The second-order valence-corrected chi connectivity index (χ2v) is 7.78. The maximum Gasteiger partial charge on any atom is 0.142 e. The number of rotatable bonds is 7. The number of aryl methyl sites for hydroxylation is 2. The first kappa shape index (κ1) is 20.5. The summed E-state index contributed by atoms with van der Waals surface area (Å²) in [6, 6.07) is 12.4. The number of anilines is 1. The Bertz CT molecular complexity index is 785. The van der Waals surface area contributed by atoms with Gasteiger partial charge in [0.05, 0.1) is 39.0 Å². The molecule has 0 radical (unpaired) electrons. The van der Waals surface area contributed by atoms with Crippen LogP contribution in [0.5, 0.6) is 11.5 Å². The number of methoxy groups -OCH3 is 1. The molecule has 0 bridgehead atoms. The number of nitrogens with zero attached hydrogens (tertiary/aromatic N) is 1. The molecule has 0 saturated carbocycles. The molecule has 1 aliphatic rings. The molecule has 1 atom stereocenters. The Morgan fingerprint density at radius 2 is 1.79 bits per heavy atom. The van der Waals surface area contributed by atoms with Crippen LogP contribution in [0.15, 0.2) is 36.4 Å². The minimum Gasteiger partial charge on any atom is -0.495 e. The summed E-state index contributed by atoms with van der Waals surface area (Å²) in [4.78, 5) is 3.78. The van der Waals surface area contributed by atoms with E-state index in [1.165, 1.54) is 16.0 Å². The van der Waals surface area contributed by atoms with Gasteiger partial charge in [-0.2, -0.15) is 0 Å². The van der Waals surface area contributed by atoms with Crippen LogP contribution in [0.3, 0.4) is 0 Å².